The molecule has 0 saturated carbocycles. The number of carbonyl (C=O) groups excluding carboxylic acids is 1. The van der Waals surface area contributed by atoms with Gasteiger partial charge in [0, 0.05) is 25.5 Å². The molecule has 1 amide bonds. The molecule has 3 rings (SSSR count). The second-order valence-corrected chi connectivity index (χ2v) is 6.43. The van der Waals surface area contributed by atoms with Gasteiger partial charge in [0.05, 0.1) is 0 Å². The first kappa shape index (κ1) is 16.0. The molecule has 0 aliphatic carbocycles. The van der Waals surface area contributed by atoms with Crippen molar-refractivity contribution in [1.82, 2.24) is 23.1 Å². The zero-order chi connectivity index (χ0) is 17.8. The molecule has 2 N–H and O–H groups in total. The summed E-state index contributed by atoms with van der Waals surface area (Å²) >= 11 is 0. The van der Waals surface area contributed by atoms with E-state index in [1.807, 2.05) is 17.7 Å². The fraction of sp³-hybridized carbons (Fsp3) is 0.467. The van der Waals surface area contributed by atoms with Gasteiger partial charge in [0.25, 0.3) is 5.56 Å². The van der Waals surface area contributed by atoms with Crippen LogP contribution in [-0.4, -0.2) is 29.0 Å². The zero-order valence-electron chi connectivity index (χ0n) is 14.1. The fourth-order valence-electron chi connectivity index (χ4n) is 2.94. The lowest BCUT2D eigenvalue weighted by molar-refractivity contribution is -0.118. The molecule has 3 aromatic heterocycles. The molecule has 0 saturated heterocycles. The molecule has 0 unspecified atom stereocenters. The van der Waals surface area contributed by atoms with Crippen LogP contribution in [0.25, 0.3) is 16.9 Å². The highest BCUT2D eigenvalue weighted by Crippen LogP contribution is 2.17. The molecule has 0 atom stereocenters. The van der Waals surface area contributed by atoms with Crippen LogP contribution in [0.4, 0.5) is 0 Å². The van der Waals surface area contributed by atoms with Gasteiger partial charge in [0.2, 0.25) is 11.7 Å². The minimum atomic E-state index is -0.747. The second-order valence-electron chi connectivity index (χ2n) is 6.43. The minimum absolute atomic E-state index is 0.263. The number of primary amides is 1. The van der Waals surface area contributed by atoms with E-state index >= 15 is 0 Å². The molecule has 0 fully saturated rings. The molecule has 9 nitrogen and oxygen atoms in total. The summed E-state index contributed by atoms with van der Waals surface area (Å²) in [6.07, 6.45) is 1.81. The summed E-state index contributed by atoms with van der Waals surface area (Å²) < 4.78 is 5.79. The lowest BCUT2D eigenvalue weighted by atomic mass is 10.2. The van der Waals surface area contributed by atoms with Crippen molar-refractivity contribution in [3.05, 3.63) is 32.7 Å². The third-order valence-electron chi connectivity index (χ3n) is 4.00. The summed E-state index contributed by atoms with van der Waals surface area (Å²) in [5.74, 6) is 0.248. The molecule has 0 aliphatic heterocycles. The molecule has 0 bridgehead atoms. The molecule has 0 aromatic carbocycles. The van der Waals surface area contributed by atoms with E-state index in [2.05, 4.69) is 18.8 Å². The van der Waals surface area contributed by atoms with Gasteiger partial charge in [0.15, 0.2) is 11.2 Å². The van der Waals surface area contributed by atoms with Gasteiger partial charge in [-0.15, -0.1) is 0 Å². The summed E-state index contributed by atoms with van der Waals surface area (Å²) in [6.45, 7) is 6.41. The van der Waals surface area contributed by atoms with Crippen LogP contribution in [0.1, 0.15) is 19.5 Å². The van der Waals surface area contributed by atoms with E-state index in [4.69, 9.17) is 5.73 Å². The van der Waals surface area contributed by atoms with Crippen molar-refractivity contribution in [1.29, 1.82) is 0 Å². The highest BCUT2D eigenvalue weighted by atomic mass is 16.2. The molecule has 0 radical (unpaired) electrons. The van der Waals surface area contributed by atoms with Crippen LogP contribution in [0.15, 0.2) is 15.8 Å². The van der Waals surface area contributed by atoms with E-state index in [1.165, 1.54) is 11.6 Å². The number of nitrogens with two attached hydrogens (primary N) is 1. The van der Waals surface area contributed by atoms with Crippen molar-refractivity contribution in [2.24, 2.45) is 18.7 Å². The van der Waals surface area contributed by atoms with Crippen LogP contribution in [0, 0.1) is 12.8 Å². The minimum Gasteiger partial charge on any atom is -0.368 e. The Balaban J connectivity index is 2.44. The van der Waals surface area contributed by atoms with Gasteiger partial charge >= 0.3 is 5.69 Å². The highest BCUT2D eigenvalue weighted by molar-refractivity contribution is 5.77. The molecule has 0 spiro atoms. The van der Waals surface area contributed by atoms with Crippen LogP contribution in [-0.2, 0) is 24.9 Å². The number of nitrogens with zero attached hydrogens (tertiary/aromatic N) is 5. The maximum Gasteiger partial charge on any atom is 0.332 e. The Kier molecular flexibility index (Phi) is 3.58. The van der Waals surface area contributed by atoms with Crippen molar-refractivity contribution in [2.45, 2.75) is 33.9 Å². The molecule has 9 heteroatoms. The van der Waals surface area contributed by atoms with E-state index < -0.39 is 23.7 Å². The summed E-state index contributed by atoms with van der Waals surface area (Å²) in [4.78, 5) is 40.7. The third-order valence-corrected chi connectivity index (χ3v) is 4.00. The summed E-state index contributed by atoms with van der Waals surface area (Å²) in [7, 11) is 1.52. The Morgan fingerprint density at radius 3 is 2.54 bits per heavy atom. The maximum atomic E-state index is 12.7. The number of hydrogen-bond donors (Lipinski definition) is 1. The normalized spacial score (nSPS) is 11.9. The van der Waals surface area contributed by atoms with Crippen LogP contribution in [0.2, 0.25) is 0 Å². The lowest BCUT2D eigenvalue weighted by Crippen LogP contribution is -2.42. The Morgan fingerprint density at radius 1 is 1.29 bits per heavy atom. The first-order valence-corrected chi connectivity index (χ1v) is 7.68. The number of imidazole rings is 2. The smallest absolute Gasteiger partial charge is 0.332 e. The predicted molar refractivity (Wildman–Crippen MR) is 89.0 cm³/mol. The summed E-state index contributed by atoms with van der Waals surface area (Å²) in [5, 5.41) is 0. The molecule has 128 valence electrons. The number of fused-ring (bicyclic) bond motifs is 3. The average molecular weight is 332 g/mol. The van der Waals surface area contributed by atoms with Gasteiger partial charge in [0.1, 0.15) is 6.54 Å². The predicted octanol–water partition coefficient (Wildman–Crippen LogP) is -0.401. The molecular weight excluding hydrogens is 312 g/mol. The van der Waals surface area contributed by atoms with E-state index in [1.54, 1.807) is 4.40 Å². The van der Waals surface area contributed by atoms with E-state index in [0.717, 1.165) is 16.8 Å². The van der Waals surface area contributed by atoms with E-state index in [-0.39, 0.29) is 5.52 Å². The Bertz CT molecular complexity index is 1080. The first-order valence-electron chi connectivity index (χ1n) is 7.68. The lowest BCUT2D eigenvalue weighted by Gasteiger charge is -2.08. The van der Waals surface area contributed by atoms with Gasteiger partial charge < -0.3 is 10.3 Å². The molecule has 0 aliphatic rings. The van der Waals surface area contributed by atoms with Crippen molar-refractivity contribution in [2.75, 3.05) is 0 Å². The van der Waals surface area contributed by atoms with Crippen LogP contribution >= 0.6 is 0 Å². The van der Waals surface area contributed by atoms with Crippen molar-refractivity contribution < 1.29 is 4.79 Å². The van der Waals surface area contributed by atoms with E-state index in [9.17, 15) is 14.4 Å². The molecular formula is C15H20N6O3. The largest absolute Gasteiger partial charge is 0.368 e. The first-order chi connectivity index (χ1) is 11.2. The molecule has 24 heavy (non-hydrogen) atoms. The van der Waals surface area contributed by atoms with Crippen molar-refractivity contribution in [3.63, 3.8) is 0 Å². The number of amides is 1. The third kappa shape index (κ3) is 2.24. The number of aromatic nitrogens is 5. The van der Waals surface area contributed by atoms with E-state index in [0.29, 0.717) is 17.3 Å². The summed E-state index contributed by atoms with van der Waals surface area (Å²) in [6, 6.07) is 0. The fourth-order valence-corrected chi connectivity index (χ4v) is 2.94. The van der Waals surface area contributed by atoms with Gasteiger partial charge in [-0.25, -0.2) is 9.36 Å². The monoisotopic (exact) mass is 332 g/mol. The van der Waals surface area contributed by atoms with Gasteiger partial charge in [-0.05, 0) is 12.8 Å². The highest BCUT2D eigenvalue weighted by Gasteiger charge is 2.20. The Hall–Kier alpha value is -2.84. The van der Waals surface area contributed by atoms with Gasteiger partial charge in [-0.1, -0.05) is 13.8 Å². The van der Waals surface area contributed by atoms with Crippen molar-refractivity contribution >= 4 is 22.8 Å². The van der Waals surface area contributed by atoms with Crippen molar-refractivity contribution in [3.8, 4) is 0 Å². The topological polar surface area (TPSA) is 109 Å². The molecule has 3 heterocycles. The Labute approximate surface area is 136 Å². The van der Waals surface area contributed by atoms with Gasteiger partial charge in [-0.2, -0.15) is 4.98 Å². The number of carbonyl (C=O) groups is 1. The maximum absolute atomic E-state index is 12.7. The van der Waals surface area contributed by atoms with Crippen LogP contribution < -0.4 is 17.0 Å². The SMILES string of the molecule is Cc1cn2c3c(=O)n(CC(N)=O)c(=O)n(C)c3nc2n1CC(C)C. The summed E-state index contributed by atoms with van der Waals surface area (Å²) in [5.41, 5.74) is 5.49. The standard InChI is InChI=1S/C15H20N6O3/c1-8(2)5-19-9(3)6-20-11-12(17-14(19)20)18(4)15(24)21(13(11)23)7-10(16)22/h6,8H,5,7H2,1-4H3,(H2,16,22). The quantitative estimate of drug-likeness (QED) is 0.701. The van der Waals surface area contributed by atoms with Crippen LogP contribution in [0.3, 0.4) is 0 Å². The Morgan fingerprint density at radius 2 is 1.96 bits per heavy atom. The second kappa shape index (κ2) is 5.36. The van der Waals surface area contributed by atoms with Crippen LogP contribution in [0.5, 0.6) is 0 Å². The molecule has 3 aromatic rings. The zero-order valence-corrected chi connectivity index (χ0v) is 14.1. The number of rotatable bonds is 4. The average Bonchev–Trinajstić information content (AvgIpc) is 2.98. The van der Waals surface area contributed by atoms with Gasteiger partial charge in [-0.3, -0.25) is 18.6 Å². The number of aryl methyl sites for hydroxylation is 2. The number of hydrogen-bond acceptors (Lipinski definition) is 4.